The summed E-state index contributed by atoms with van der Waals surface area (Å²) in [5, 5.41) is 0. The van der Waals surface area contributed by atoms with Crippen LogP contribution >= 0.6 is 15.9 Å². The molecule has 0 bridgehead atoms. The summed E-state index contributed by atoms with van der Waals surface area (Å²) < 4.78 is 0. The molecule has 0 spiro atoms. The molecule has 1 fully saturated rings. The lowest BCUT2D eigenvalue weighted by Gasteiger charge is -2.13. The average Bonchev–Trinajstić information content (AvgIpc) is 2.79. The number of anilines is 1. The minimum absolute atomic E-state index is 0.0465. The van der Waals surface area contributed by atoms with Gasteiger partial charge in [-0.2, -0.15) is 0 Å². The summed E-state index contributed by atoms with van der Waals surface area (Å²) in [4.78, 5) is 26.3. The fourth-order valence-corrected chi connectivity index (χ4v) is 2.58. The lowest BCUT2D eigenvalue weighted by molar-refractivity contribution is -0.117. The van der Waals surface area contributed by atoms with Crippen molar-refractivity contribution in [3.63, 3.8) is 0 Å². The van der Waals surface area contributed by atoms with Crippen LogP contribution in [0.25, 0.3) is 11.3 Å². The fraction of sp³-hybridized carbons (Fsp3) is 0.231. The predicted molar refractivity (Wildman–Crippen MR) is 74.9 cm³/mol. The molecule has 3 rings (SSSR count). The van der Waals surface area contributed by atoms with Gasteiger partial charge in [0.1, 0.15) is 0 Å². The Hall–Kier alpha value is -1.82. The molecule has 2 aromatic heterocycles. The zero-order valence-electron chi connectivity index (χ0n) is 10.0. The lowest BCUT2D eigenvalue weighted by Crippen LogP contribution is -2.26. The second-order valence-electron chi connectivity index (χ2n) is 4.29. The maximum Gasteiger partial charge on any atom is 0.232 e. The Morgan fingerprint density at radius 3 is 2.89 bits per heavy atom. The van der Waals surface area contributed by atoms with Crippen molar-refractivity contribution in [2.24, 2.45) is 0 Å². The van der Waals surface area contributed by atoms with Crippen LogP contribution in [-0.4, -0.2) is 32.2 Å². The topological polar surface area (TPSA) is 59.0 Å². The zero-order chi connectivity index (χ0) is 13.2. The average molecular weight is 319 g/mol. The van der Waals surface area contributed by atoms with Crippen LogP contribution < -0.4 is 4.90 Å². The van der Waals surface area contributed by atoms with Crippen molar-refractivity contribution >= 4 is 27.8 Å². The van der Waals surface area contributed by atoms with Gasteiger partial charge in [-0.05, 0) is 18.2 Å². The standard InChI is InChI=1S/C13H11BrN4O/c14-10-6-12(19)18(8-10)13-16-5-3-11(17-13)9-2-1-4-15-7-9/h1-5,7,10H,6,8H2. The SMILES string of the molecule is O=C1CC(Br)CN1c1nccc(-c2cccnc2)n1. The number of amides is 1. The van der Waals surface area contributed by atoms with Crippen LogP contribution in [0.3, 0.4) is 0 Å². The molecule has 1 aliphatic rings. The minimum Gasteiger partial charge on any atom is -0.280 e. The van der Waals surface area contributed by atoms with Gasteiger partial charge >= 0.3 is 0 Å². The number of halogens is 1. The van der Waals surface area contributed by atoms with E-state index in [2.05, 4.69) is 30.9 Å². The van der Waals surface area contributed by atoms with E-state index < -0.39 is 0 Å². The van der Waals surface area contributed by atoms with Crippen LogP contribution in [-0.2, 0) is 4.79 Å². The van der Waals surface area contributed by atoms with Crippen molar-refractivity contribution in [3.05, 3.63) is 36.8 Å². The Kier molecular flexibility index (Phi) is 3.25. The molecule has 0 radical (unpaired) electrons. The van der Waals surface area contributed by atoms with Crippen molar-refractivity contribution < 1.29 is 4.79 Å². The second-order valence-corrected chi connectivity index (χ2v) is 5.58. The van der Waals surface area contributed by atoms with E-state index in [-0.39, 0.29) is 10.7 Å². The summed E-state index contributed by atoms with van der Waals surface area (Å²) in [6.07, 6.45) is 5.61. The molecule has 1 atom stereocenters. The normalized spacial score (nSPS) is 18.9. The number of alkyl halides is 1. The Labute approximate surface area is 118 Å². The number of nitrogens with zero attached hydrogens (tertiary/aromatic N) is 4. The molecule has 19 heavy (non-hydrogen) atoms. The second kappa shape index (κ2) is 5.05. The van der Waals surface area contributed by atoms with E-state index in [0.29, 0.717) is 18.9 Å². The number of carbonyl (C=O) groups excluding carboxylic acids is 1. The minimum atomic E-state index is 0.0465. The molecule has 2 aromatic rings. The lowest BCUT2D eigenvalue weighted by atomic mass is 10.2. The van der Waals surface area contributed by atoms with Gasteiger partial charge in [-0.1, -0.05) is 15.9 Å². The zero-order valence-corrected chi connectivity index (χ0v) is 11.6. The van der Waals surface area contributed by atoms with Crippen molar-refractivity contribution in [1.29, 1.82) is 0 Å². The van der Waals surface area contributed by atoms with Gasteiger partial charge in [0.05, 0.1) is 5.69 Å². The van der Waals surface area contributed by atoms with Crippen LogP contribution in [0.15, 0.2) is 36.8 Å². The molecular weight excluding hydrogens is 308 g/mol. The van der Waals surface area contributed by atoms with Crippen LogP contribution in [0, 0.1) is 0 Å². The number of pyridine rings is 1. The Bertz CT molecular complexity index is 605. The number of hydrogen-bond acceptors (Lipinski definition) is 4. The Balaban J connectivity index is 1.95. The van der Waals surface area contributed by atoms with Crippen LogP contribution in [0.4, 0.5) is 5.95 Å². The van der Waals surface area contributed by atoms with Gasteiger partial charge in [0.15, 0.2) is 0 Å². The molecule has 0 N–H and O–H groups in total. The first-order valence-electron chi connectivity index (χ1n) is 5.92. The van der Waals surface area contributed by atoms with Gasteiger partial charge in [0, 0.05) is 41.9 Å². The van der Waals surface area contributed by atoms with Crippen molar-refractivity contribution in [2.45, 2.75) is 11.2 Å². The van der Waals surface area contributed by atoms with E-state index >= 15 is 0 Å². The summed E-state index contributed by atoms with van der Waals surface area (Å²) in [6, 6.07) is 5.59. The fourth-order valence-electron chi connectivity index (χ4n) is 2.01. The maximum absolute atomic E-state index is 11.8. The highest BCUT2D eigenvalue weighted by Gasteiger charge is 2.30. The molecule has 0 aromatic carbocycles. The van der Waals surface area contributed by atoms with Crippen molar-refractivity contribution in [3.8, 4) is 11.3 Å². The van der Waals surface area contributed by atoms with Crippen molar-refractivity contribution in [2.75, 3.05) is 11.4 Å². The van der Waals surface area contributed by atoms with Gasteiger partial charge < -0.3 is 0 Å². The van der Waals surface area contributed by atoms with E-state index in [1.54, 1.807) is 23.5 Å². The number of rotatable bonds is 2. The smallest absolute Gasteiger partial charge is 0.232 e. The van der Waals surface area contributed by atoms with Crippen LogP contribution in [0.5, 0.6) is 0 Å². The Morgan fingerprint density at radius 1 is 1.32 bits per heavy atom. The van der Waals surface area contributed by atoms with E-state index in [4.69, 9.17) is 0 Å². The first-order chi connectivity index (χ1) is 9.24. The summed E-state index contributed by atoms with van der Waals surface area (Å²) in [7, 11) is 0. The Morgan fingerprint density at radius 2 is 2.21 bits per heavy atom. The molecule has 1 aliphatic heterocycles. The number of hydrogen-bond donors (Lipinski definition) is 0. The van der Waals surface area contributed by atoms with Gasteiger partial charge in [0.2, 0.25) is 11.9 Å². The summed E-state index contributed by atoms with van der Waals surface area (Å²) >= 11 is 3.45. The third-order valence-electron chi connectivity index (χ3n) is 2.92. The quantitative estimate of drug-likeness (QED) is 0.795. The van der Waals surface area contributed by atoms with E-state index in [0.717, 1.165) is 11.3 Å². The first-order valence-corrected chi connectivity index (χ1v) is 6.83. The van der Waals surface area contributed by atoms with Gasteiger partial charge in [0.25, 0.3) is 0 Å². The van der Waals surface area contributed by atoms with Crippen LogP contribution in [0.1, 0.15) is 6.42 Å². The molecule has 6 heteroatoms. The molecule has 0 aliphatic carbocycles. The third-order valence-corrected chi connectivity index (χ3v) is 3.53. The molecule has 5 nitrogen and oxygen atoms in total. The third kappa shape index (κ3) is 2.49. The van der Waals surface area contributed by atoms with E-state index in [1.807, 2.05) is 18.2 Å². The summed E-state index contributed by atoms with van der Waals surface area (Å²) in [5.74, 6) is 0.499. The molecule has 1 unspecified atom stereocenters. The van der Waals surface area contributed by atoms with Crippen molar-refractivity contribution in [1.82, 2.24) is 15.0 Å². The number of carbonyl (C=O) groups is 1. The van der Waals surface area contributed by atoms with Gasteiger partial charge in [-0.15, -0.1) is 0 Å². The van der Waals surface area contributed by atoms with Crippen LogP contribution in [0.2, 0.25) is 0 Å². The summed E-state index contributed by atoms with van der Waals surface area (Å²) in [6.45, 7) is 0.606. The highest BCUT2D eigenvalue weighted by molar-refractivity contribution is 9.09. The maximum atomic E-state index is 11.8. The summed E-state index contributed by atoms with van der Waals surface area (Å²) in [5.41, 5.74) is 1.68. The predicted octanol–water partition coefficient (Wildman–Crippen LogP) is 2.04. The van der Waals surface area contributed by atoms with E-state index in [1.165, 1.54) is 0 Å². The molecule has 3 heterocycles. The molecule has 1 amide bonds. The highest BCUT2D eigenvalue weighted by Crippen LogP contribution is 2.24. The molecule has 0 saturated carbocycles. The largest absolute Gasteiger partial charge is 0.280 e. The van der Waals surface area contributed by atoms with E-state index in [9.17, 15) is 4.79 Å². The molecule has 1 saturated heterocycles. The van der Waals surface area contributed by atoms with Gasteiger partial charge in [-0.3, -0.25) is 14.7 Å². The molecule has 96 valence electrons. The highest BCUT2D eigenvalue weighted by atomic mass is 79.9. The molecular formula is C13H11BrN4O. The van der Waals surface area contributed by atoms with Gasteiger partial charge in [-0.25, -0.2) is 9.97 Å². The monoisotopic (exact) mass is 318 g/mol. The first kappa shape index (κ1) is 12.2. The number of aromatic nitrogens is 3.